The molecule has 0 saturated heterocycles. The zero-order valence-electron chi connectivity index (χ0n) is 18.7. The number of hydrogen-bond acceptors (Lipinski definition) is 6. The second kappa shape index (κ2) is 10.7. The Morgan fingerprint density at radius 1 is 1.28 bits per heavy atom. The predicted octanol–water partition coefficient (Wildman–Crippen LogP) is 5.62. The molecule has 0 amide bonds. The summed E-state index contributed by atoms with van der Waals surface area (Å²) in [5.74, 6) is 0. The van der Waals surface area contributed by atoms with Crippen LogP contribution in [-0.4, -0.2) is 37.9 Å². The lowest BCUT2D eigenvalue weighted by atomic mass is 10.0. The molecule has 0 radical (unpaired) electrons. The largest absolute Gasteiger partial charge is 0.417 e. The van der Waals surface area contributed by atoms with E-state index in [4.69, 9.17) is 28.0 Å². The number of oxime groups is 1. The van der Waals surface area contributed by atoms with Gasteiger partial charge in [-0.1, -0.05) is 28.4 Å². The molecule has 8 nitrogen and oxygen atoms in total. The summed E-state index contributed by atoms with van der Waals surface area (Å²) in [6.45, 7) is 4.97. The van der Waals surface area contributed by atoms with Gasteiger partial charge < -0.3 is 9.82 Å². The monoisotopic (exact) mass is 559 g/mol. The zero-order valence-corrected chi connectivity index (χ0v) is 21.0. The molecule has 0 saturated carbocycles. The Morgan fingerprint density at radius 2 is 2.00 bits per heavy atom. The molecule has 0 unspecified atom stereocenters. The predicted molar refractivity (Wildman–Crippen MR) is 133 cm³/mol. The van der Waals surface area contributed by atoms with E-state index < -0.39 is 31.7 Å². The lowest BCUT2D eigenvalue weighted by Gasteiger charge is -2.16. The molecule has 0 atom stereocenters. The summed E-state index contributed by atoms with van der Waals surface area (Å²) in [4.78, 5) is 15.3. The fourth-order valence-corrected chi connectivity index (χ4v) is 4.62. The van der Waals surface area contributed by atoms with Gasteiger partial charge in [0.1, 0.15) is 24.2 Å². The maximum absolute atomic E-state index is 13.3. The van der Waals surface area contributed by atoms with Crippen LogP contribution in [0.5, 0.6) is 0 Å². The molecule has 0 aliphatic rings. The average molecular weight is 560 g/mol. The van der Waals surface area contributed by atoms with Crippen molar-refractivity contribution in [2.24, 2.45) is 10.1 Å². The Labute approximate surface area is 214 Å². The number of halogens is 5. The SMILES string of the molecule is C=NC(/C(=N/OC)c1ccnc2[nH]ccc12)=C(\C=C(/C)Cl)NS(=O)(=O)c1ccc(Cl)c(C(F)(F)F)c1. The second-order valence-corrected chi connectivity index (χ2v) is 9.80. The first-order valence-electron chi connectivity index (χ1n) is 9.87. The number of hydrogen-bond donors (Lipinski definition) is 2. The summed E-state index contributed by atoms with van der Waals surface area (Å²) >= 11 is 11.7. The van der Waals surface area contributed by atoms with Crippen molar-refractivity contribution in [1.29, 1.82) is 0 Å². The number of nitrogens with zero attached hydrogens (tertiary/aromatic N) is 3. The van der Waals surface area contributed by atoms with E-state index in [1.807, 2.05) is 0 Å². The highest BCUT2D eigenvalue weighted by molar-refractivity contribution is 7.89. The molecule has 3 rings (SSSR count). The van der Waals surface area contributed by atoms with Crippen LogP contribution in [0.1, 0.15) is 18.1 Å². The van der Waals surface area contributed by atoms with Gasteiger partial charge in [-0.05, 0) is 50.0 Å². The summed E-state index contributed by atoms with van der Waals surface area (Å²) in [5.41, 5.74) is -0.632. The topological polar surface area (TPSA) is 109 Å². The third kappa shape index (κ3) is 5.89. The van der Waals surface area contributed by atoms with Crippen molar-refractivity contribution in [1.82, 2.24) is 14.7 Å². The van der Waals surface area contributed by atoms with Crippen molar-refractivity contribution >= 4 is 56.7 Å². The van der Waals surface area contributed by atoms with Gasteiger partial charge in [-0.15, -0.1) is 0 Å². The van der Waals surface area contributed by atoms with Crippen molar-refractivity contribution in [2.75, 3.05) is 7.11 Å². The molecular formula is C22H18Cl2F3N5O3S. The van der Waals surface area contributed by atoms with Crippen LogP contribution in [0.15, 0.2) is 80.3 Å². The molecule has 1 aromatic carbocycles. The molecule has 0 fully saturated rings. The lowest BCUT2D eigenvalue weighted by Crippen LogP contribution is -2.26. The van der Waals surface area contributed by atoms with E-state index in [2.05, 4.69) is 31.6 Å². The van der Waals surface area contributed by atoms with Gasteiger partial charge in [-0.25, -0.2) is 13.4 Å². The lowest BCUT2D eigenvalue weighted by molar-refractivity contribution is -0.137. The minimum atomic E-state index is -4.87. The average Bonchev–Trinajstić information content (AvgIpc) is 3.27. The summed E-state index contributed by atoms with van der Waals surface area (Å²) in [6, 6.07) is 5.51. The second-order valence-electron chi connectivity index (χ2n) is 7.12. The van der Waals surface area contributed by atoms with Gasteiger partial charge in [0.05, 0.1) is 21.2 Å². The molecule has 14 heteroatoms. The van der Waals surface area contributed by atoms with Crippen molar-refractivity contribution in [3.8, 4) is 0 Å². The summed E-state index contributed by atoms with van der Waals surface area (Å²) in [5, 5.41) is 4.08. The maximum atomic E-state index is 13.3. The number of sulfonamides is 1. The van der Waals surface area contributed by atoms with Gasteiger partial charge in [0.15, 0.2) is 0 Å². The van der Waals surface area contributed by atoms with Crippen LogP contribution in [-0.2, 0) is 21.0 Å². The molecular weight excluding hydrogens is 542 g/mol. The normalized spacial score (nSPS) is 14.0. The van der Waals surface area contributed by atoms with Crippen LogP contribution in [0, 0.1) is 0 Å². The number of alkyl halides is 3. The van der Waals surface area contributed by atoms with E-state index in [1.54, 1.807) is 18.3 Å². The Hall–Kier alpha value is -3.35. The number of allylic oxidation sites excluding steroid dienone is 3. The van der Waals surface area contributed by atoms with E-state index in [1.165, 1.54) is 26.3 Å². The summed E-state index contributed by atoms with van der Waals surface area (Å²) in [7, 11) is -3.32. The molecule has 36 heavy (non-hydrogen) atoms. The van der Waals surface area contributed by atoms with E-state index in [9.17, 15) is 21.6 Å². The third-order valence-electron chi connectivity index (χ3n) is 4.68. The van der Waals surface area contributed by atoms with Crippen LogP contribution in [0.25, 0.3) is 11.0 Å². The van der Waals surface area contributed by atoms with Crippen molar-refractivity contribution in [2.45, 2.75) is 18.0 Å². The number of aliphatic imine (C=N–C) groups is 1. The number of fused-ring (bicyclic) bond motifs is 1. The number of aromatic amines is 1. The quantitative estimate of drug-likeness (QED) is 0.212. The fraction of sp³-hybridized carbons (Fsp3) is 0.136. The summed E-state index contributed by atoms with van der Waals surface area (Å²) in [6.07, 6.45) is -0.534. The van der Waals surface area contributed by atoms with Gasteiger partial charge in [0.25, 0.3) is 10.0 Å². The number of nitrogens with one attached hydrogen (secondary N) is 2. The number of benzene rings is 1. The first kappa shape index (κ1) is 27.2. The molecule has 2 aromatic heterocycles. The molecule has 0 aliphatic heterocycles. The maximum Gasteiger partial charge on any atom is 0.417 e. The highest BCUT2D eigenvalue weighted by Gasteiger charge is 2.35. The molecule has 2 N–H and O–H groups in total. The molecule has 2 heterocycles. The number of H-pyrrole nitrogens is 1. The van der Waals surface area contributed by atoms with Crippen molar-refractivity contribution < 1.29 is 26.4 Å². The molecule has 0 aliphatic carbocycles. The minimum Gasteiger partial charge on any atom is -0.399 e. The van der Waals surface area contributed by atoms with Crippen molar-refractivity contribution in [3.63, 3.8) is 0 Å². The van der Waals surface area contributed by atoms with Gasteiger partial charge in [-0.2, -0.15) is 13.2 Å². The molecule has 190 valence electrons. The standard InChI is InChI=1S/C22H18Cl2F3N5O3S/c1-12(23)10-18(32-36(33,34)13-4-5-17(24)16(11-13)22(25,26)27)20(28-2)19(31-35-3)14-6-8-29-21-15(14)7-9-30-21/h4-11,32H,2H2,1,3H3,(H,29,30)/b12-10+,20-18+,31-19+. The third-order valence-corrected chi connectivity index (χ3v) is 6.48. The van der Waals surface area contributed by atoms with E-state index in [-0.39, 0.29) is 22.1 Å². The number of aromatic nitrogens is 2. The van der Waals surface area contributed by atoms with Gasteiger partial charge >= 0.3 is 6.18 Å². The number of rotatable bonds is 8. The summed E-state index contributed by atoms with van der Waals surface area (Å²) < 4.78 is 68.5. The highest BCUT2D eigenvalue weighted by atomic mass is 35.5. The Morgan fingerprint density at radius 3 is 2.61 bits per heavy atom. The highest BCUT2D eigenvalue weighted by Crippen LogP contribution is 2.36. The first-order chi connectivity index (χ1) is 16.9. The van der Waals surface area contributed by atoms with Gasteiger partial charge in [-0.3, -0.25) is 9.71 Å². The van der Waals surface area contributed by atoms with Crippen molar-refractivity contribution in [3.05, 3.63) is 81.4 Å². The fourth-order valence-electron chi connectivity index (χ4n) is 3.20. The van der Waals surface area contributed by atoms with Crippen LogP contribution in [0.2, 0.25) is 5.02 Å². The van der Waals surface area contributed by atoms with Crippen LogP contribution >= 0.6 is 23.2 Å². The Bertz CT molecular complexity index is 1510. The minimum absolute atomic E-state index is 0.0541. The van der Waals surface area contributed by atoms with Crippen LogP contribution in [0.4, 0.5) is 13.2 Å². The zero-order chi connectivity index (χ0) is 26.7. The molecule has 3 aromatic rings. The molecule has 0 spiro atoms. The Kier molecular flexibility index (Phi) is 8.12. The molecule has 0 bridgehead atoms. The van der Waals surface area contributed by atoms with Crippen LogP contribution in [0.3, 0.4) is 0 Å². The van der Waals surface area contributed by atoms with E-state index >= 15 is 0 Å². The van der Waals surface area contributed by atoms with E-state index in [0.717, 1.165) is 12.1 Å². The number of pyridine rings is 1. The van der Waals surface area contributed by atoms with E-state index in [0.29, 0.717) is 22.7 Å². The smallest absolute Gasteiger partial charge is 0.399 e. The van der Waals surface area contributed by atoms with Gasteiger partial charge in [0.2, 0.25) is 0 Å². The first-order valence-corrected chi connectivity index (χ1v) is 12.1. The Balaban J connectivity index is 2.22. The van der Waals surface area contributed by atoms with Gasteiger partial charge in [0, 0.05) is 28.4 Å². The van der Waals surface area contributed by atoms with Crippen LogP contribution < -0.4 is 4.72 Å².